The summed E-state index contributed by atoms with van der Waals surface area (Å²) < 4.78 is 0. The molecular formula is C14H14N2O. The predicted octanol–water partition coefficient (Wildman–Crippen LogP) is 2.58. The minimum atomic E-state index is 0.00811. The second-order valence-corrected chi connectivity index (χ2v) is 4.00. The normalized spacial score (nSPS) is 10.2. The average Bonchev–Trinajstić information content (AvgIpc) is 2.30. The first-order valence-electron chi connectivity index (χ1n) is 5.54. The Morgan fingerprint density at radius 3 is 2.53 bits per heavy atom. The molecule has 0 bridgehead atoms. The summed E-state index contributed by atoms with van der Waals surface area (Å²) in [5.74, 6) is 0.757. The van der Waals surface area contributed by atoms with E-state index in [9.17, 15) is 4.79 Å². The molecule has 0 spiro atoms. The molecule has 3 heteroatoms. The van der Waals surface area contributed by atoms with E-state index in [4.69, 9.17) is 0 Å². The zero-order valence-corrected chi connectivity index (χ0v) is 9.97. The van der Waals surface area contributed by atoms with E-state index in [1.807, 2.05) is 37.3 Å². The molecule has 1 heterocycles. The van der Waals surface area contributed by atoms with Crippen LogP contribution in [0, 0.1) is 6.92 Å². The second-order valence-electron chi connectivity index (χ2n) is 4.00. The Kier molecular flexibility index (Phi) is 3.28. The number of nitrogens with zero attached hydrogens (tertiary/aromatic N) is 2. The molecule has 17 heavy (non-hydrogen) atoms. The molecular weight excluding hydrogens is 212 g/mol. The third kappa shape index (κ3) is 2.75. The van der Waals surface area contributed by atoms with E-state index in [2.05, 4.69) is 9.97 Å². The molecule has 1 aromatic carbocycles. The van der Waals surface area contributed by atoms with Crippen LogP contribution in [0.3, 0.4) is 0 Å². The Morgan fingerprint density at radius 1 is 1.24 bits per heavy atom. The van der Waals surface area contributed by atoms with Crippen LogP contribution >= 0.6 is 0 Å². The average molecular weight is 226 g/mol. The van der Waals surface area contributed by atoms with Gasteiger partial charge >= 0.3 is 0 Å². The first-order valence-corrected chi connectivity index (χ1v) is 5.54. The lowest BCUT2D eigenvalue weighted by Crippen LogP contribution is -2.04. The molecule has 0 aliphatic heterocycles. The Balaban J connectivity index is 2.24. The fourth-order valence-electron chi connectivity index (χ4n) is 1.72. The van der Waals surface area contributed by atoms with Crippen LogP contribution in [0.2, 0.25) is 0 Å². The van der Waals surface area contributed by atoms with Gasteiger partial charge in [0.1, 0.15) is 5.82 Å². The number of benzene rings is 1. The molecule has 0 radical (unpaired) electrons. The molecule has 0 saturated heterocycles. The monoisotopic (exact) mass is 226 g/mol. The fraction of sp³-hybridized carbons (Fsp3) is 0.214. The summed E-state index contributed by atoms with van der Waals surface area (Å²) in [6.07, 6.45) is 2.31. The van der Waals surface area contributed by atoms with Crippen molar-refractivity contribution >= 4 is 5.78 Å². The van der Waals surface area contributed by atoms with Gasteiger partial charge in [0.15, 0.2) is 5.78 Å². The van der Waals surface area contributed by atoms with Gasteiger partial charge in [-0.3, -0.25) is 4.79 Å². The fourth-order valence-corrected chi connectivity index (χ4v) is 1.72. The Morgan fingerprint density at radius 2 is 1.94 bits per heavy atom. The summed E-state index contributed by atoms with van der Waals surface area (Å²) in [7, 11) is 0. The van der Waals surface area contributed by atoms with E-state index < -0.39 is 0 Å². The third-order valence-electron chi connectivity index (χ3n) is 2.61. The predicted molar refractivity (Wildman–Crippen MR) is 66.0 cm³/mol. The first kappa shape index (κ1) is 11.5. The molecule has 0 aliphatic rings. The van der Waals surface area contributed by atoms with Crippen LogP contribution in [0.5, 0.6) is 0 Å². The van der Waals surface area contributed by atoms with Crippen LogP contribution in [-0.4, -0.2) is 15.8 Å². The van der Waals surface area contributed by atoms with Crippen LogP contribution in [0.4, 0.5) is 0 Å². The molecule has 2 aromatic rings. The Labute approximate surface area is 101 Å². The number of Topliss-reactive ketones (excluding diaryl/α,β-unsaturated/α-hetero) is 1. The molecule has 86 valence electrons. The summed E-state index contributed by atoms with van der Waals surface area (Å²) in [4.78, 5) is 19.8. The smallest absolute Gasteiger partial charge is 0.163 e. The minimum Gasteiger partial charge on any atom is -0.294 e. The number of carbonyl (C=O) groups excluding carboxylic acids is 1. The number of carbonyl (C=O) groups is 1. The van der Waals surface area contributed by atoms with Crippen molar-refractivity contribution in [3.05, 3.63) is 59.2 Å². The minimum absolute atomic E-state index is 0.00811. The summed E-state index contributed by atoms with van der Waals surface area (Å²) in [5.41, 5.74) is 2.52. The zero-order valence-electron chi connectivity index (χ0n) is 9.97. The molecule has 1 aromatic heterocycles. The maximum absolute atomic E-state index is 11.3. The number of rotatable bonds is 3. The molecule has 0 N–H and O–H groups in total. The third-order valence-corrected chi connectivity index (χ3v) is 2.61. The summed E-state index contributed by atoms with van der Waals surface area (Å²) in [6, 6.07) is 10.0. The van der Waals surface area contributed by atoms with E-state index in [1.54, 1.807) is 6.20 Å². The molecule has 3 nitrogen and oxygen atoms in total. The molecule has 0 unspecified atom stereocenters. The Hall–Kier alpha value is -2.03. The van der Waals surface area contributed by atoms with Gasteiger partial charge in [0.25, 0.3) is 0 Å². The highest BCUT2D eigenvalue weighted by Gasteiger charge is 2.07. The summed E-state index contributed by atoms with van der Waals surface area (Å²) in [5, 5.41) is 0. The standard InChI is InChI=1S/C14H14N2O/c1-10-13(11(2)17)9-15-14(16-10)8-12-6-4-3-5-7-12/h3-7,9H,8H2,1-2H3. The number of ketones is 1. The lowest BCUT2D eigenvalue weighted by Gasteiger charge is -2.04. The maximum atomic E-state index is 11.3. The lowest BCUT2D eigenvalue weighted by molar-refractivity contribution is 0.101. The van der Waals surface area contributed by atoms with Gasteiger partial charge in [0.2, 0.25) is 0 Å². The van der Waals surface area contributed by atoms with Crippen molar-refractivity contribution < 1.29 is 4.79 Å². The lowest BCUT2D eigenvalue weighted by atomic mass is 10.1. The van der Waals surface area contributed by atoms with E-state index >= 15 is 0 Å². The van der Waals surface area contributed by atoms with Crippen molar-refractivity contribution in [3.8, 4) is 0 Å². The maximum Gasteiger partial charge on any atom is 0.163 e. The second kappa shape index (κ2) is 4.87. The highest BCUT2D eigenvalue weighted by atomic mass is 16.1. The number of hydrogen-bond donors (Lipinski definition) is 0. The first-order chi connectivity index (χ1) is 8.16. The van der Waals surface area contributed by atoms with E-state index in [-0.39, 0.29) is 5.78 Å². The van der Waals surface area contributed by atoms with Crippen LogP contribution in [0.1, 0.15) is 34.4 Å². The Bertz CT molecular complexity index is 535. The van der Waals surface area contributed by atoms with Crippen molar-refractivity contribution in [3.63, 3.8) is 0 Å². The van der Waals surface area contributed by atoms with Gasteiger partial charge in [-0.05, 0) is 19.4 Å². The van der Waals surface area contributed by atoms with Gasteiger partial charge in [-0.25, -0.2) is 9.97 Å². The quantitative estimate of drug-likeness (QED) is 0.755. The van der Waals surface area contributed by atoms with E-state index in [0.717, 1.165) is 11.5 Å². The number of aromatic nitrogens is 2. The van der Waals surface area contributed by atoms with Gasteiger partial charge in [-0.2, -0.15) is 0 Å². The van der Waals surface area contributed by atoms with Crippen LogP contribution in [0.25, 0.3) is 0 Å². The molecule has 0 amide bonds. The number of hydrogen-bond acceptors (Lipinski definition) is 3. The molecule has 0 fully saturated rings. The van der Waals surface area contributed by atoms with Crippen molar-refractivity contribution in [2.24, 2.45) is 0 Å². The van der Waals surface area contributed by atoms with Gasteiger partial charge in [0.05, 0.1) is 11.3 Å². The van der Waals surface area contributed by atoms with Crippen molar-refractivity contribution in [1.29, 1.82) is 0 Å². The summed E-state index contributed by atoms with van der Waals surface area (Å²) >= 11 is 0. The highest BCUT2D eigenvalue weighted by molar-refractivity contribution is 5.94. The largest absolute Gasteiger partial charge is 0.294 e. The topological polar surface area (TPSA) is 42.9 Å². The molecule has 2 rings (SSSR count). The molecule has 0 saturated carbocycles. The van der Waals surface area contributed by atoms with Crippen LogP contribution in [0.15, 0.2) is 36.5 Å². The summed E-state index contributed by atoms with van der Waals surface area (Å²) in [6.45, 7) is 3.37. The van der Waals surface area contributed by atoms with E-state index in [1.165, 1.54) is 12.5 Å². The number of aryl methyl sites for hydroxylation is 1. The SMILES string of the molecule is CC(=O)c1cnc(Cc2ccccc2)nc1C. The molecule has 0 aliphatic carbocycles. The molecule has 0 atom stereocenters. The van der Waals surface area contributed by atoms with Gasteiger partial charge in [0, 0.05) is 12.6 Å². The van der Waals surface area contributed by atoms with Crippen molar-refractivity contribution in [1.82, 2.24) is 9.97 Å². The van der Waals surface area contributed by atoms with Crippen LogP contribution < -0.4 is 0 Å². The van der Waals surface area contributed by atoms with Crippen LogP contribution in [-0.2, 0) is 6.42 Å². The van der Waals surface area contributed by atoms with Gasteiger partial charge in [-0.1, -0.05) is 30.3 Å². The highest BCUT2D eigenvalue weighted by Crippen LogP contribution is 2.09. The van der Waals surface area contributed by atoms with Gasteiger partial charge < -0.3 is 0 Å². The van der Waals surface area contributed by atoms with Gasteiger partial charge in [-0.15, -0.1) is 0 Å². The van der Waals surface area contributed by atoms with Crippen molar-refractivity contribution in [2.45, 2.75) is 20.3 Å². The zero-order chi connectivity index (χ0) is 12.3. The van der Waals surface area contributed by atoms with E-state index in [0.29, 0.717) is 12.0 Å². The van der Waals surface area contributed by atoms with Crippen molar-refractivity contribution in [2.75, 3.05) is 0 Å².